The molecule has 1 fully saturated rings. The molecule has 1 aliphatic rings. The maximum Gasteiger partial charge on any atom is 0.344 e. The quantitative estimate of drug-likeness (QED) is 0.509. The predicted molar refractivity (Wildman–Crippen MR) is 84.9 cm³/mol. The van der Waals surface area contributed by atoms with Crippen LogP contribution in [0.3, 0.4) is 0 Å². The molecule has 1 amide bonds. The van der Waals surface area contributed by atoms with Crippen LogP contribution < -0.4 is 10.1 Å². The average molecular weight is 323 g/mol. The van der Waals surface area contributed by atoms with E-state index in [1.54, 1.807) is 31.2 Å². The van der Waals surface area contributed by atoms with E-state index in [4.69, 9.17) is 21.7 Å². The second-order valence-electron chi connectivity index (χ2n) is 4.02. The first-order chi connectivity index (χ1) is 10.1. The third kappa shape index (κ3) is 4.57. The molecule has 0 aromatic heterocycles. The van der Waals surface area contributed by atoms with Gasteiger partial charge in [0, 0.05) is 0 Å². The van der Waals surface area contributed by atoms with Crippen molar-refractivity contribution in [2.24, 2.45) is 0 Å². The first kappa shape index (κ1) is 15.5. The molecule has 1 N–H and O–H groups in total. The largest absolute Gasteiger partial charge is 0.482 e. The number of rotatable bonds is 5. The molecule has 2 rings (SSSR count). The Hall–Kier alpha value is -1.86. The molecule has 1 aliphatic heterocycles. The molecule has 0 saturated carbocycles. The molecule has 0 aliphatic carbocycles. The number of esters is 1. The number of ether oxygens (including phenoxy) is 2. The summed E-state index contributed by atoms with van der Waals surface area (Å²) in [5.41, 5.74) is 0.790. The van der Waals surface area contributed by atoms with Crippen molar-refractivity contribution in [2.45, 2.75) is 6.92 Å². The lowest BCUT2D eigenvalue weighted by Gasteiger charge is -2.06. The Morgan fingerprint density at radius 2 is 2.29 bits per heavy atom. The van der Waals surface area contributed by atoms with Crippen LogP contribution in [0.2, 0.25) is 0 Å². The lowest BCUT2D eigenvalue weighted by molar-refractivity contribution is -0.145. The van der Waals surface area contributed by atoms with Crippen molar-refractivity contribution in [1.82, 2.24) is 5.32 Å². The zero-order valence-electron chi connectivity index (χ0n) is 11.3. The number of nitrogens with one attached hydrogen (secondary N) is 1. The Morgan fingerprint density at radius 1 is 1.48 bits per heavy atom. The van der Waals surface area contributed by atoms with Gasteiger partial charge >= 0.3 is 5.97 Å². The van der Waals surface area contributed by atoms with Gasteiger partial charge in [-0.15, -0.1) is 0 Å². The molecule has 0 spiro atoms. The van der Waals surface area contributed by atoms with Crippen molar-refractivity contribution in [3.05, 3.63) is 34.7 Å². The second kappa shape index (κ2) is 7.24. The lowest BCUT2D eigenvalue weighted by atomic mass is 10.2. The summed E-state index contributed by atoms with van der Waals surface area (Å²) in [5, 5.41) is 2.55. The lowest BCUT2D eigenvalue weighted by Crippen LogP contribution is -2.17. The van der Waals surface area contributed by atoms with E-state index in [0.29, 0.717) is 21.6 Å². The molecular formula is C14H13NO4S2. The Bertz CT molecular complexity index is 613. The van der Waals surface area contributed by atoms with E-state index < -0.39 is 5.97 Å². The van der Waals surface area contributed by atoms with Gasteiger partial charge < -0.3 is 14.8 Å². The fourth-order valence-electron chi connectivity index (χ4n) is 1.61. The molecule has 5 nitrogen and oxygen atoms in total. The van der Waals surface area contributed by atoms with Gasteiger partial charge in [-0.2, -0.15) is 0 Å². The van der Waals surface area contributed by atoms with Crippen LogP contribution in [0.25, 0.3) is 6.08 Å². The number of thioether (sulfide) groups is 1. The van der Waals surface area contributed by atoms with E-state index >= 15 is 0 Å². The molecule has 7 heteroatoms. The topological polar surface area (TPSA) is 64.6 Å². The molecule has 1 saturated heterocycles. The maximum atomic E-state index is 11.6. The first-order valence-corrected chi connectivity index (χ1v) is 7.44. The Balaban J connectivity index is 2.04. The Kier molecular flexibility index (Phi) is 5.35. The number of carbonyl (C=O) groups excluding carboxylic acids is 2. The monoisotopic (exact) mass is 323 g/mol. The number of benzene rings is 1. The summed E-state index contributed by atoms with van der Waals surface area (Å²) in [7, 11) is 0. The summed E-state index contributed by atoms with van der Waals surface area (Å²) in [5.74, 6) is -0.0939. The standard InChI is InChI=1S/C14H13NO4S2/c1-2-18-12(16)8-19-10-5-3-4-9(6-10)7-11-13(17)15-14(20)21-11/h3-7H,2,8H2,1H3,(H,15,17,20)/b11-7-. The van der Waals surface area contributed by atoms with E-state index in [0.717, 1.165) is 5.56 Å². The Labute approximate surface area is 131 Å². The molecular weight excluding hydrogens is 310 g/mol. The van der Waals surface area contributed by atoms with Gasteiger partial charge in [0.2, 0.25) is 0 Å². The second-order valence-corrected chi connectivity index (χ2v) is 5.74. The van der Waals surface area contributed by atoms with Crippen LogP contribution in [0.15, 0.2) is 29.2 Å². The van der Waals surface area contributed by atoms with E-state index in [-0.39, 0.29) is 12.5 Å². The highest BCUT2D eigenvalue weighted by atomic mass is 32.2. The SMILES string of the molecule is CCOC(=O)COc1cccc(/C=C2\SC(=S)NC2=O)c1. The number of carbonyl (C=O) groups is 2. The highest BCUT2D eigenvalue weighted by molar-refractivity contribution is 8.26. The van der Waals surface area contributed by atoms with Crippen LogP contribution in [-0.4, -0.2) is 29.4 Å². The summed E-state index contributed by atoms with van der Waals surface area (Å²) in [4.78, 5) is 23.3. The molecule has 21 heavy (non-hydrogen) atoms. The van der Waals surface area contributed by atoms with E-state index in [2.05, 4.69) is 5.32 Å². The van der Waals surface area contributed by atoms with E-state index in [1.807, 2.05) is 6.07 Å². The van der Waals surface area contributed by atoms with Gasteiger partial charge in [0.05, 0.1) is 11.5 Å². The summed E-state index contributed by atoms with van der Waals surface area (Å²) >= 11 is 6.14. The number of thiocarbonyl (C=S) groups is 1. The minimum absolute atomic E-state index is 0.146. The van der Waals surface area contributed by atoms with Crippen LogP contribution in [0.1, 0.15) is 12.5 Å². The highest BCUT2D eigenvalue weighted by Crippen LogP contribution is 2.26. The maximum absolute atomic E-state index is 11.6. The average Bonchev–Trinajstić information content (AvgIpc) is 2.75. The fraction of sp³-hybridized carbons (Fsp3) is 0.214. The highest BCUT2D eigenvalue weighted by Gasteiger charge is 2.21. The van der Waals surface area contributed by atoms with Crippen molar-refractivity contribution in [2.75, 3.05) is 13.2 Å². The van der Waals surface area contributed by atoms with Crippen LogP contribution in [0, 0.1) is 0 Å². The first-order valence-electron chi connectivity index (χ1n) is 6.22. The molecule has 110 valence electrons. The third-order valence-electron chi connectivity index (χ3n) is 2.46. The molecule has 1 aromatic rings. The molecule has 1 aromatic carbocycles. The minimum atomic E-state index is -0.419. The van der Waals surface area contributed by atoms with Crippen molar-refractivity contribution >= 4 is 46.3 Å². The molecule has 0 radical (unpaired) electrons. The van der Waals surface area contributed by atoms with Gasteiger partial charge in [-0.3, -0.25) is 4.79 Å². The summed E-state index contributed by atoms with van der Waals surface area (Å²) in [6, 6.07) is 7.08. The molecule has 0 bridgehead atoms. The summed E-state index contributed by atoms with van der Waals surface area (Å²) in [6.45, 7) is 1.91. The Morgan fingerprint density at radius 3 is 2.95 bits per heavy atom. The van der Waals surface area contributed by atoms with Gasteiger partial charge in [0.25, 0.3) is 5.91 Å². The van der Waals surface area contributed by atoms with Crippen LogP contribution in [0.5, 0.6) is 5.75 Å². The molecule has 1 heterocycles. The van der Waals surface area contributed by atoms with Crippen LogP contribution in [0.4, 0.5) is 0 Å². The van der Waals surface area contributed by atoms with Gasteiger partial charge in [-0.05, 0) is 30.7 Å². The fourth-order valence-corrected chi connectivity index (χ4v) is 2.66. The summed E-state index contributed by atoms with van der Waals surface area (Å²) < 4.78 is 10.6. The van der Waals surface area contributed by atoms with Crippen molar-refractivity contribution in [3.8, 4) is 5.75 Å². The zero-order valence-corrected chi connectivity index (χ0v) is 12.9. The summed E-state index contributed by atoms with van der Waals surface area (Å²) in [6.07, 6.45) is 1.72. The van der Waals surface area contributed by atoms with Crippen molar-refractivity contribution in [3.63, 3.8) is 0 Å². The van der Waals surface area contributed by atoms with Crippen molar-refractivity contribution < 1.29 is 19.1 Å². The van der Waals surface area contributed by atoms with Crippen molar-refractivity contribution in [1.29, 1.82) is 0 Å². The minimum Gasteiger partial charge on any atom is -0.482 e. The normalized spacial score (nSPS) is 16.0. The number of hydrogen-bond acceptors (Lipinski definition) is 6. The molecule has 0 unspecified atom stereocenters. The number of amides is 1. The predicted octanol–water partition coefficient (Wildman–Crippen LogP) is 2.12. The number of hydrogen-bond donors (Lipinski definition) is 1. The van der Waals surface area contributed by atoms with Gasteiger partial charge in [0.1, 0.15) is 10.1 Å². The van der Waals surface area contributed by atoms with Crippen LogP contribution in [-0.2, 0) is 14.3 Å². The van der Waals surface area contributed by atoms with E-state index in [9.17, 15) is 9.59 Å². The van der Waals surface area contributed by atoms with Gasteiger partial charge in [-0.25, -0.2) is 4.79 Å². The zero-order chi connectivity index (χ0) is 15.2. The van der Waals surface area contributed by atoms with Crippen LogP contribution >= 0.6 is 24.0 Å². The molecule has 0 atom stereocenters. The van der Waals surface area contributed by atoms with Gasteiger partial charge in [-0.1, -0.05) is 36.1 Å². The van der Waals surface area contributed by atoms with E-state index in [1.165, 1.54) is 11.8 Å². The third-order valence-corrected chi connectivity index (χ3v) is 3.62. The smallest absolute Gasteiger partial charge is 0.344 e. The van der Waals surface area contributed by atoms with Gasteiger partial charge in [0.15, 0.2) is 6.61 Å².